The molecule has 3 aromatic carbocycles. The fraction of sp³-hybridized carbons (Fsp3) is 0.111. The lowest BCUT2D eigenvalue weighted by atomic mass is 10.2. The Morgan fingerprint density at radius 2 is 1.54 bits per heavy atom. The molecule has 0 bridgehead atoms. The van der Waals surface area contributed by atoms with Crippen LogP contribution in [-0.4, -0.2) is 32.3 Å². The van der Waals surface area contributed by atoms with Gasteiger partial charge in [0, 0.05) is 17.8 Å². The van der Waals surface area contributed by atoms with E-state index in [0.29, 0.717) is 34.5 Å². The first-order chi connectivity index (χ1) is 18.1. The largest absolute Gasteiger partial charge is 0.345 e. The molecule has 0 aliphatic carbocycles. The summed E-state index contributed by atoms with van der Waals surface area (Å²) in [6, 6.07) is 25.5. The topological polar surface area (TPSA) is 114 Å². The number of nitrogens with zero attached hydrogens (tertiary/aromatic N) is 5. The fourth-order valence-corrected chi connectivity index (χ4v) is 4.04. The summed E-state index contributed by atoms with van der Waals surface area (Å²) in [5.41, 5.74) is 2.67. The molecule has 0 saturated carbocycles. The Labute approximate surface area is 218 Å². The summed E-state index contributed by atoms with van der Waals surface area (Å²) in [4.78, 5) is 24.9. The summed E-state index contributed by atoms with van der Waals surface area (Å²) in [6.45, 7) is 4.44. The summed E-state index contributed by atoms with van der Waals surface area (Å²) in [6.07, 6.45) is 1.71. The highest BCUT2D eigenvalue weighted by atomic mass is 32.2. The first-order valence-corrected chi connectivity index (χ1v) is 12.5. The van der Waals surface area contributed by atoms with Crippen molar-refractivity contribution in [1.29, 1.82) is 0 Å². The van der Waals surface area contributed by atoms with Gasteiger partial charge in [0.05, 0.1) is 23.7 Å². The number of nitrogens with one attached hydrogen (secondary N) is 2. The van der Waals surface area contributed by atoms with Crippen LogP contribution in [0.3, 0.4) is 0 Å². The maximum Gasteiger partial charge on any atom is 0.251 e. The van der Waals surface area contributed by atoms with E-state index in [2.05, 4.69) is 37.6 Å². The molecule has 0 radical (unpaired) electrons. The van der Waals surface area contributed by atoms with Crippen LogP contribution in [0, 0.1) is 0 Å². The number of hydrogen-bond acceptors (Lipinski definition) is 7. The minimum Gasteiger partial charge on any atom is -0.345 e. The van der Waals surface area contributed by atoms with E-state index in [9.17, 15) is 9.59 Å². The van der Waals surface area contributed by atoms with Crippen LogP contribution in [0.1, 0.15) is 16.2 Å². The Morgan fingerprint density at radius 1 is 0.892 bits per heavy atom. The molecule has 0 fully saturated rings. The van der Waals surface area contributed by atoms with Gasteiger partial charge in [-0.2, -0.15) is 10.2 Å². The molecule has 10 heteroatoms. The van der Waals surface area contributed by atoms with Gasteiger partial charge in [0.2, 0.25) is 5.91 Å². The van der Waals surface area contributed by atoms with Crippen molar-refractivity contribution >= 4 is 40.6 Å². The van der Waals surface area contributed by atoms with E-state index in [1.54, 1.807) is 54.6 Å². The quantitative estimate of drug-likeness (QED) is 0.156. The van der Waals surface area contributed by atoms with Crippen molar-refractivity contribution in [3.8, 4) is 0 Å². The number of carbonyl (C=O) groups excluding carboxylic acids is 2. The number of anilines is 1. The molecule has 1 heterocycles. The van der Waals surface area contributed by atoms with Crippen molar-refractivity contribution in [2.75, 3.05) is 11.1 Å². The molecule has 4 rings (SSSR count). The van der Waals surface area contributed by atoms with E-state index >= 15 is 0 Å². The molecule has 1 aromatic heterocycles. The van der Waals surface area contributed by atoms with Crippen molar-refractivity contribution in [1.82, 2.24) is 20.1 Å². The standard InChI is InChI=1S/C27H25N7O2S/c1-2-17-34-24(18-28-26(36)20-9-5-3-6-10-20)32-33-27(34)37-19-25(35)29-21-13-15-23(16-14-21)31-30-22-11-7-4-8-12-22/h2-16H,1,17-19H2,(H,28,36)(H,29,35). The zero-order valence-electron chi connectivity index (χ0n) is 19.9. The van der Waals surface area contributed by atoms with Crippen LogP contribution < -0.4 is 10.6 Å². The lowest BCUT2D eigenvalue weighted by Crippen LogP contribution is -2.24. The van der Waals surface area contributed by atoms with Gasteiger partial charge in [-0.3, -0.25) is 9.59 Å². The second-order valence-electron chi connectivity index (χ2n) is 7.77. The highest BCUT2D eigenvalue weighted by Crippen LogP contribution is 2.21. The lowest BCUT2D eigenvalue weighted by Gasteiger charge is -2.09. The maximum absolute atomic E-state index is 12.5. The van der Waals surface area contributed by atoms with Gasteiger partial charge >= 0.3 is 0 Å². The maximum atomic E-state index is 12.5. The highest BCUT2D eigenvalue weighted by Gasteiger charge is 2.15. The average molecular weight is 512 g/mol. The fourth-order valence-electron chi connectivity index (χ4n) is 3.27. The van der Waals surface area contributed by atoms with E-state index in [1.165, 1.54) is 11.8 Å². The number of amides is 2. The van der Waals surface area contributed by atoms with Gasteiger partial charge in [0.25, 0.3) is 5.91 Å². The van der Waals surface area contributed by atoms with Crippen LogP contribution in [0.4, 0.5) is 17.1 Å². The van der Waals surface area contributed by atoms with Gasteiger partial charge in [-0.15, -0.1) is 16.8 Å². The van der Waals surface area contributed by atoms with E-state index in [4.69, 9.17) is 0 Å². The summed E-state index contributed by atoms with van der Waals surface area (Å²) in [7, 11) is 0. The predicted octanol–water partition coefficient (Wildman–Crippen LogP) is 5.54. The Kier molecular flexibility index (Phi) is 8.92. The minimum absolute atomic E-state index is 0.140. The molecule has 2 N–H and O–H groups in total. The predicted molar refractivity (Wildman–Crippen MR) is 144 cm³/mol. The van der Waals surface area contributed by atoms with Crippen LogP contribution in [0.15, 0.2) is 113 Å². The zero-order valence-corrected chi connectivity index (χ0v) is 20.8. The van der Waals surface area contributed by atoms with Crippen LogP contribution in [0.5, 0.6) is 0 Å². The van der Waals surface area contributed by atoms with E-state index in [1.807, 2.05) is 41.0 Å². The van der Waals surface area contributed by atoms with Crippen LogP contribution in [-0.2, 0) is 17.9 Å². The van der Waals surface area contributed by atoms with E-state index < -0.39 is 0 Å². The summed E-state index contributed by atoms with van der Waals surface area (Å²) >= 11 is 1.26. The first kappa shape index (κ1) is 25.5. The van der Waals surface area contributed by atoms with Crippen LogP contribution in [0.25, 0.3) is 0 Å². The number of rotatable bonds is 11. The Balaban J connectivity index is 1.30. The van der Waals surface area contributed by atoms with Crippen molar-refractivity contribution < 1.29 is 9.59 Å². The van der Waals surface area contributed by atoms with Crippen LogP contribution >= 0.6 is 11.8 Å². The van der Waals surface area contributed by atoms with Gasteiger partial charge in [-0.1, -0.05) is 54.2 Å². The van der Waals surface area contributed by atoms with Crippen molar-refractivity contribution in [2.45, 2.75) is 18.2 Å². The molecule has 9 nitrogen and oxygen atoms in total. The lowest BCUT2D eigenvalue weighted by molar-refractivity contribution is -0.113. The Morgan fingerprint density at radius 3 is 2.22 bits per heavy atom. The second kappa shape index (κ2) is 12.9. The van der Waals surface area contributed by atoms with E-state index in [-0.39, 0.29) is 24.1 Å². The zero-order chi connectivity index (χ0) is 25.9. The first-order valence-electron chi connectivity index (χ1n) is 11.5. The van der Waals surface area contributed by atoms with Gasteiger partial charge in [0.1, 0.15) is 0 Å². The second-order valence-corrected chi connectivity index (χ2v) is 8.71. The molecule has 0 atom stereocenters. The third kappa shape index (κ3) is 7.45. The third-order valence-corrected chi connectivity index (χ3v) is 6.04. The van der Waals surface area contributed by atoms with Gasteiger partial charge in [-0.05, 0) is 48.5 Å². The van der Waals surface area contributed by atoms with Crippen molar-refractivity contribution in [3.05, 3.63) is 109 Å². The summed E-state index contributed by atoms with van der Waals surface area (Å²) < 4.78 is 1.82. The molecular formula is C27H25N7O2S. The highest BCUT2D eigenvalue weighted by molar-refractivity contribution is 7.99. The number of aromatic nitrogens is 3. The molecule has 2 amide bonds. The normalized spacial score (nSPS) is 10.8. The number of azo groups is 1. The number of hydrogen-bond donors (Lipinski definition) is 2. The molecule has 0 spiro atoms. The van der Waals surface area contributed by atoms with Gasteiger partial charge in [0.15, 0.2) is 11.0 Å². The summed E-state index contributed by atoms with van der Waals surface area (Å²) in [5, 5.41) is 23.0. The molecule has 4 aromatic rings. The molecule has 0 saturated heterocycles. The smallest absolute Gasteiger partial charge is 0.251 e. The van der Waals surface area contributed by atoms with Crippen molar-refractivity contribution in [2.24, 2.45) is 10.2 Å². The molecule has 0 aliphatic rings. The Hall–Kier alpha value is -4.57. The SMILES string of the molecule is C=CCn1c(CNC(=O)c2ccccc2)nnc1SCC(=O)Nc1ccc(N=Nc2ccccc2)cc1. The number of benzene rings is 3. The molecule has 0 unspecified atom stereocenters. The summed E-state index contributed by atoms with van der Waals surface area (Å²) in [5.74, 6) is 0.333. The molecular weight excluding hydrogens is 486 g/mol. The number of carbonyl (C=O) groups is 2. The van der Waals surface area contributed by atoms with Crippen molar-refractivity contribution in [3.63, 3.8) is 0 Å². The van der Waals surface area contributed by atoms with E-state index in [0.717, 1.165) is 5.69 Å². The van der Waals surface area contributed by atoms with Gasteiger partial charge < -0.3 is 15.2 Å². The number of allylic oxidation sites excluding steroid dienone is 1. The third-order valence-electron chi connectivity index (χ3n) is 5.07. The Bertz CT molecular complexity index is 1370. The average Bonchev–Trinajstić information content (AvgIpc) is 3.32. The van der Waals surface area contributed by atoms with Crippen LogP contribution in [0.2, 0.25) is 0 Å². The number of thioether (sulfide) groups is 1. The molecule has 186 valence electrons. The molecule has 37 heavy (non-hydrogen) atoms. The minimum atomic E-state index is -0.199. The van der Waals surface area contributed by atoms with Gasteiger partial charge in [-0.25, -0.2) is 0 Å². The molecule has 0 aliphatic heterocycles. The monoisotopic (exact) mass is 511 g/mol.